The summed E-state index contributed by atoms with van der Waals surface area (Å²) in [6.45, 7) is 0.0709. The van der Waals surface area contributed by atoms with E-state index in [0.29, 0.717) is 0 Å². The van der Waals surface area contributed by atoms with Gasteiger partial charge in [0, 0.05) is 0 Å². The predicted octanol–water partition coefficient (Wildman–Crippen LogP) is 3.49. The fourth-order valence-electron chi connectivity index (χ4n) is 0.926. The van der Waals surface area contributed by atoms with Crippen LogP contribution in [0.25, 0.3) is 0 Å². The highest BCUT2D eigenvalue weighted by Gasteiger charge is 2.13. The van der Waals surface area contributed by atoms with Crippen LogP contribution in [0.3, 0.4) is 0 Å². The highest BCUT2D eigenvalue weighted by Crippen LogP contribution is 2.36. The third kappa shape index (κ3) is 3.33. The minimum atomic E-state index is -0.741. The summed E-state index contributed by atoms with van der Waals surface area (Å²) < 4.78 is 4.66. The SMILES string of the molecule is O=C(Nc1c(Cl)ccc(O)c1Cl)OCCCl. The van der Waals surface area contributed by atoms with Gasteiger partial charge in [0.25, 0.3) is 0 Å². The van der Waals surface area contributed by atoms with E-state index in [9.17, 15) is 9.90 Å². The molecule has 0 fully saturated rings. The first-order valence-corrected chi connectivity index (χ1v) is 5.52. The molecular formula is C9H8Cl3NO3. The Hall–Kier alpha value is -0.840. The Balaban J connectivity index is 2.80. The molecule has 0 aliphatic rings. The molecule has 0 saturated carbocycles. The van der Waals surface area contributed by atoms with Crippen LogP contribution in [0.5, 0.6) is 5.75 Å². The van der Waals surface area contributed by atoms with Crippen LogP contribution in [0.15, 0.2) is 12.1 Å². The molecule has 0 aromatic heterocycles. The van der Waals surface area contributed by atoms with Crippen molar-refractivity contribution in [2.75, 3.05) is 17.8 Å². The first-order valence-electron chi connectivity index (χ1n) is 4.23. The van der Waals surface area contributed by atoms with Crippen molar-refractivity contribution < 1.29 is 14.6 Å². The van der Waals surface area contributed by atoms with E-state index in [4.69, 9.17) is 34.8 Å². The van der Waals surface area contributed by atoms with Crippen molar-refractivity contribution in [3.8, 4) is 5.75 Å². The van der Waals surface area contributed by atoms with Gasteiger partial charge in [0.2, 0.25) is 0 Å². The number of hydrogen-bond donors (Lipinski definition) is 2. The summed E-state index contributed by atoms with van der Waals surface area (Å²) in [5, 5.41) is 11.8. The van der Waals surface area contributed by atoms with Gasteiger partial charge in [0.1, 0.15) is 17.4 Å². The Bertz CT molecular complexity index is 398. The Morgan fingerprint density at radius 1 is 1.44 bits per heavy atom. The number of aromatic hydroxyl groups is 1. The fourth-order valence-corrected chi connectivity index (χ4v) is 1.47. The van der Waals surface area contributed by atoms with E-state index in [2.05, 4.69) is 10.1 Å². The molecule has 16 heavy (non-hydrogen) atoms. The van der Waals surface area contributed by atoms with Gasteiger partial charge in [-0.2, -0.15) is 0 Å². The van der Waals surface area contributed by atoms with Gasteiger partial charge in [-0.15, -0.1) is 11.6 Å². The van der Waals surface area contributed by atoms with Crippen LogP contribution >= 0.6 is 34.8 Å². The number of nitrogens with one attached hydrogen (secondary N) is 1. The van der Waals surface area contributed by atoms with Crippen molar-refractivity contribution in [1.29, 1.82) is 0 Å². The molecule has 1 aromatic carbocycles. The van der Waals surface area contributed by atoms with Gasteiger partial charge in [-0.25, -0.2) is 4.79 Å². The van der Waals surface area contributed by atoms with Crippen molar-refractivity contribution in [3.63, 3.8) is 0 Å². The van der Waals surface area contributed by atoms with E-state index in [1.807, 2.05) is 0 Å². The molecule has 0 bridgehead atoms. The topological polar surface area (TPSA) is 58.6 Å². The quantitative estimate of drug-likeness (QED) is 0.835. The van der Waals surface area contributed by atoms with Gasteiger partial charge in [-0.3, -0.25) is 5.32 Å². The molecule has 0 unspecified atom stereocenters. The molecule has 2 N–H and O–H groups in total. The van der Waals surface area contributed by atoms with Crippen LogP contribution in [0.4, 0.5) is 10.5 Å². The summed E-state index contributed by atoms with van der Waals surface area (Å²) in [6.07, 6.45) is -0.741. The molecule has 1 rings (SSSR count). The fraction of sp³-hybridized carbons (Fsp3) is 0.222. The van der Waals surface area contributed by atoms with Crippen molar-refractivity contribution in [1.82, 2.24) is 0 Å². The number of hydrogen-bond acceptors (Lipinski definition) is 3. The maximum Gasteiger partial charge on any atom is 0.411 e. The lowest BCUT2D eigenvalue weighted by Gasteiger charge is -2.10. The average molecular weight is 285 g/mol. The first-order chi connectivity index (χ1) is 7.56. The minimum Gasteiger partial charge on any atom is -0.506 e. The highest BCUT2D eigenvalue weighted by molar-refractivity contribution is 6.40. The molecule has 0 atom stereocenters. The molecule has 0 saturated heterocycles. The number of halogens is 3. The molecule has 0 aliphatic heterocycles. The first kappa shape index (κ1) is 13.2. The molecule has 0 spiro atoms. The number of rotatable bonds is 3. The van der Waals surface area contributed by atoms with E-state index in [0.717, 1.165) is 0 Å². The van der Waals surface area contributed by atoms with Crippen molar-refractivity contribution in [2.45, 2.75) is 0 Å². The predicted molar refractivity (Wildman–Crippen MR) is 63.8 cm³/mol. The Kier molecular flexibility index (Phi) is 4.99. The Morgan fingerprint density at radius 3 is 2.75 bits per heavy atom. The van der Waals surface area contributed by atoms with Crippen molar-refractivity contribution in [3.05, 3.63) is 22.2 Å². The van der Waals surface area contributed by atoms with Crippen LogP contribution in [-0.2, 0) is 4.74 Å². The second-order valence-corrected chi connectivity index (χ2v) is 3.87. The molecule has 88 valence electrons. The smallest absolute Gasteiger partial charge is 0.411 e. The molecule has 0 aliphatic carbocycles. The molecule has 0 radical (unpaired) electrons. The lowest BCUT2D eigenvalue weighted by molar-refractivity contribution is 0.168. The van der Waals surface area contributed by atoms with Crippen LogP contribution in [0, 0.1) is 0 Å². The second-order valence-electron chi connectivity index (χ2n) is 2.71. The second kappa shape index (κ2) is 6.03. The van der Waals surface area contributed by atoms with Gasteiger partial charge >= 0.3 is 6.09 Å². The molecule has 4 nitrogen and oxygen atoms in total. The molecule has 0 heterocycles. The molecular weight excluding hydrogens is 276 g/mol. The van der Waals surface area contributed by atoms with Gasteiger partial charge in [0.05, 0.1) is 16.6 Å². The summed E-state index contributed by atoms with van der Waals surface area (Å²) in [5.74, 6) is 0.00766. The maximum atomic E-state index is 11.2. The number of carbonyl (C=O) groups is 1. The Morgan fingerprint density at radius 2 is 2.12 bits per heavy atom. The summed E-state index contributed by atoms with van der Waals surface area (Å²) in [7, 11) is 0. The van der Waals surface area contributed by atoms with Crippen LogP contribution in [0.2, 0.25) is 10.0 Å². The normalized spacial score (nSPS) is 9.94. The number of ether oxygens (including phenoxy) is 1. The van der Waals surface area contributed by atoms with Gasteiger partial charge < -0.3 is 9.84 Å². The lowest BCUT2D eigenvalue weighted by atomic mass is 10.3. The number of phenols is 1. The van der Waals surface area contributed by atoms with Gasteiger partial charge in [0.15, 0.2) is 0 Å². The van der Waals surface area contributed by atoms with Crippen LogP contribution in [-0.4, -0.2) is 23.7 Å². The standard InChI is InChI=1S/C9H8Cl3NO3/c10-3-4-16-9(15)13-8-5(11)1-2-6(14)7(8)12/h1-2,14H,3-4H2,(H,13,15). The van der Waals surface area contributed by atoms with E-state index >= 15 is 0 Å². The van der Waals surface area contributed by atoms with Crippen molar-refractivity contribution >= 4 is 46.6 Å². The lowest BCUT2D eigenvalue weighted by Crippen LogP contribution is -2.15. The van der Waals surface area contributed by atoms with Crippen LogP contribution in [0.1, 0.15) is 0 Å². The van der Waals surface area contributed by atoms with E-state index in [-0.39, 0.29) is 34.0 Å². The third-order valence-corrected chi connectivity index (χ3v) is 2.46. The minimum absolute atomic E-state index is 0.0460. The van der Waals surface area contributed by atoms with Crippen molar-refractivity contribution in [2.24, 2.45) is 0 Å². The average Bonchev–Trinajstić information content (AvgIpc) is 2.27. The van der Waals surface area contributed by atoms with Crippen LogP contribution < -0.4 is 5.32 Å². The molecule has 7 heteroatoms. The zero-order valence-corrected chi connectivity index (χ0v) is 10.2. The maximum absolute atomic E-state index is 11.2. The van der Waals surface area contributed by atoms with E-state index < -0.39 is 6.09 Å². The summed E-state index contributed by atoms with van der Waals surface area (Å²) >= 11 is 16.9. The zero-order valence-electron chi connectivity index (χ0n) is 7.97. The van der Waals surface area contributed by atoms with E-state index in [1.54, 1.807) is 0 Å². The number of benzene rings is 1. The van der Waals surface area contributed by atoms with Gasteiger partial charge in [-0.05, 0) is 12.1 Å². The number of carbonyl (C=O) groups excluding carboxylic acids is 1. The monoisotopic (exact) mass is 283 g/mol. The largest absolute Gasteiger partial charge is 0.506 e. The van der Waals surface area contributed by atoms with E-state index in [1.165, 1.54) is 12.1 Å². The summed E-state index contributed by atoms with van der Waals surface area (Å²) in [4.78, 5) is 11.2. The number of anilines is 1. The molecule has 1 aromatic rings. The number of amides is 1. The zero-order chi connectivity index (χ0) is 12.1. The number of phenolic OH excluding ortho intramolecular Hbond substituents is 1. The third-order valence-electron chi connectivity index (χ3n) is 1.61. The summed E-state index contributed by atoms with van der Waals surface area (Å²) in [5.41, 5.74) is 0.0999. The number of alkyl halides is 1. The highest BCUT2D eigenvalue weighted by atomic mass is 35.5. The van der Waals surface area contributed by atoms with Gasteiger partial charge in [-0.1, -0.05) is 23.2 Å². The summed E-state index contributed by atoms with van der Waals surface area (Å²) in [6, 6.07) is 2.72. The Labute approximate surface area is 107 Å². The molecule has 1 amide bonds.